The number of halogens is 1. The van der Waals surface area contributed by atoms with Crippen LogP contribution in [-0.4, -0.2) is 36.0 Å². The molecule has 0 spiro atoms. The number of benzene rings is 3. The molecule has 4 rings (SSSR count). The number of anilines is 1. The van der Waals surface area contributed by atoms with E-state index >= 15 is 0 Å². The zero-order valence-corrected chi connectivity index (χ0v) is 22.2. The number of hydrogen-bond donors (Lipinski definition) is 2. The number of carbonyl (C=O) groups excluding carboxylic acids is 3. The molecule has 0 aromatic heterocycles. The van der Waals surface area contributed by atoms with Crippen LogP contribution in [0.25, 0.3) is 5.70 Å². The van der Waals surface area contributed by atoms with E-state index in [9.17, 15) is 14.4 Å². The summed E-state index contributed by atoms with van der Waals surface area (Å²) in [6.07, 6.45) is 0.720. The second kappa shape index (κ2) is 11.9. The number of amides is 3. The van der Waals surface area contributed by atoms with E-state index in [0.29, 0.717) is 34.6 Å². The first-order chi connectivity index (χ1) is 17.9. The van der Waals surface area contributed by atoms with Gasteiger partial charge in [0, 0.05) is 22.3 Å². The molecule has 7 nitrogen and oxygen atoms in total. The quantitative estimate of drug-likeness (QED) is 0.323. The van der Waals surface area contributed by atoms with Crippen LogP contribution in [0.15, 0.2) is 88.9 Å². The number of rotatable bonds is 8. The topological polar surface area (TPSA) is 87.7 Å². The summed E-state index contributed by atoms with van der Waals surface area (Å²) >= 11 is 3.37. The smallest absolute Gasteiger partial charge is 0.338 e. The van der Waals surface area contributed by atoms with Gasteiger partial charge in [-0.15, -0.1) is 0 Å². The molecule has 1 aliphatic rings. The van der Waals surface area contributed by atoms with Crippen LogP contribution >= 0.6 is 15.9 Å². The second-order valence-corrected chi connectivity index (χ2v) is 9.38. The Hall–Kier alpha value is -3.91. The van der Waals surface area contributed by atoms with Gasteiger partial charge in [-0.3, -0.25) is 9.69 Å². The molecular formula is C29H28BrN3O4. The molecular weight excluding hydrogens is 534 g/mol. The molecule has 190 valence electrons. The summed E-state index contributed by atoms with van der Waals surface area (Å²) in [7, 11) is 0. The van der Waals surface area contributed by atoms with Gasteiger partial charge in [-0.05, 0) is 60.9 Å². The van der Waals surface area contributed by atoms with E-state index in [1.165, 1.54) is 0 Å². The minimum absolute atomic E-state index is 0.208. The molecule has 3 amide bonds. The Morgan fingerprint density at radius 1 is 0.973 bits per heavy atom. The van der Waals surface area contributed by atoms with Gasteiger partial charge in [0.2, 0.25) is 0 Å². The third-order valence-corrected chi connectivity index (χ3v) is 6.45. The number of esters is 1. The van der Waals surface area contributed by atoms with Crippen molar-refractivity contribution >= 4 is 45.2 Å². The summed E-state index contributed by atoms with van der Waals surface area (Å²) in [5.74, 6) is -0.722. The van der Waals surface area contributed by atoms with E-state index in [4.69, 9.17) is 4.74 Å². The van der Waals surface area contributed by atoms with Gasteiger partial charge in [-0.2, -0.15) is 0 Å². The van der Waals surface area contributed by atoms with Gasteiger partial charge < -0.3 is 15.4 Å². The highest BCUT2D eigenvalue weighted by Gasteiger charge is 2.38. The van der Waals surface area contributed by atoms with Crippen LogP contribution < -0.4 is 10.6 Å². The van der Waals surface area contributed by atoms with Gasteiger partial charge in [-0.25, -0.2) is 9.59 Å². The molecule has 3 aromatic rings. The van der Waals surface area contributed by atoms with E-state index in [2.05, 4.69) is 26.6 Å². The van der Waals surface area contributed by atoms with Crippen molar-refractivity contribution in [2.75, 3.05) is 18.5 Å². The minimum Gasteiger partial charge on any atom is -0.463 e. The number of carbonyl (C=O) groups is 3. The number of urea groups is 1. The van der Waals surface area contributed by atoms with Crippen molar-refractivity contribution in [3.05, 3.63) is 106 Å². The van der Waals surface area contributed by atoms with Gasteiger partial charge in [-0.1, -0.05) is 65.3 Å². The van der Waals surface area contributed by atoms with Gasteiger partial charge in [0.05, 0.1) is 23.9 Å². The highest BCUT2D eigenvalue weighted by Crippen LogP contribution is 2.37. The molecule has 1 atom stereocenters. The van der Waals surface area contributed by atoms with E-state index in [1.54, 1.807) is 60.4 Å². The fourth-order valence-electron chi connectivity index (χ4n) is 4.24. The molecule has 0 radical (unpaired) electrons. The lowest BCUT2D eigenvalue weighted by atomic mass is 9.91. The summed E-state index contributed by atoms with van der Waals surface area (Å²) < 4.78 is 6.33. The SMILES string of the molecule is CCCN1C(=O)NC(c2ccc(NC(=O)c3ccc(Br)cc3)cc2)C(C(=O)OCC)=C1c1ccccc1. The standard InChI is InChI=1S/C29H28BrN3O4/c1-3-18-33-26(20-8-6-5-7-9-20)24(28(35)37-4-2)25(32-29(33)36)19-12-16-23(17-13-19)31-27(34)21-10-14-22(30)15-11-21/h5-17,25H,3-4,18H2,1-2H3,(H,31,34)(H,32,36). The normalized spacial score (nSPS) is 15.3. The average Bonchev–Trinajstić information content (AvgIpc) is 2.91. The molecule has 0 aliphatic carbocycles. The molecule has 37 heavy (non-hydrogen) atoms. The first-order valence-electron chi connectivity index (χ1n) is 12.1. The van der Waals surface area contributed by atoms with E-state index in [1.807, 2.05) is 37.3 Å². The number of hydrogen-bond acceptors (Lipinski definition) is 4. The third kappa shape index (κ3) is 5.91. The largest absolute Gasteiger partial charge is 0.463 e. The fraction of sp³-hybridized carbons (Fsp3) is 0.207. The van der Waals surface area contributed by atoms with E-state index in [0.717, 1.165) is 16.5 Å². The number of nitrogens with zero attached hydrogens (tertiary/aromatic N) is 1. The second-order valence-electron chi connectivity index (χ2n) is 8.47. The Morgan fingerprint density at radius 2 is 1.65 bits per heavy atom. The predicted octanol–water partition coefficient (Wildman–Crippen LogP) is 6.15. The zero-order chi connectivity index (χ0) is 26.4. The molecule has 3 aromatic carbocycles. The summed E-state index contributed by atoms with van der Waals surface area (Å²) in [5, 5.41) is 5.86. The van der Waals surface area contributed by atoms with Crippen molar-refractivity contribution in [3.63, 3.8) is 0 Å². The minimum atomic E-state index is -0.717. The molecule has 0 bridgehead atoms. The third-order valence-electron chi connectivity index (χ3n) is 5.92. The van der Waals surface area contributed by atoms with Crippen molar-refractivity contribution in [2.45, 2.75) is 26.3 Å². The summed E-state index contributed by atoms with van der Waals surface area (Å²) in [4.78, 5) is 40.7. The monoisotopic (exact) mass is 561 g/mol. The molecule has 1 aliphatic heterocycles. The Bertz CT molecular complexity index is 1310. The van der Waals surface area contributed by atoms with Gasteiger partial charge >= 0.3 is 12.0 Å². The van der Waals surface area contributed by atoms with Crippen LogP contribution in [0.2, 0.25) is 0 Å². The van der Waals surface area contributed by atoms with Crippen LogP contribution in [0.5, 0.6) is 0 Å². The first kappa shape index (κ1) is 26.2. The molecule has 1 unspecified atom stereocenters. The Labute approximate surface area is 224 Å². The maximum absolute atomic E-state index is 13.3. The van der Waals surface area contributed by atoms with Crippen LogP contribution in [0.4, 0.5) is 10.5 Å². The lowest BCUT2D eigenvalue weighted by Crippen LogP contribution is -2.48. The summed E-state index contributed by atoms with van der Waals surface area (Å²) in [6.45, 7) is 4.39. The Balaban J connectivity index is 1.71. The zero-order valence-electron chi connectivity index (χ0n) is 20.7. The van der Waals surface area contributed by atoms with Crippen molar-refractivity contribution in [1.29, 1.82) is 0 Å². The fourth-order valence-corrected chi connectivity index (χ4v) is 4.50. The Kier molecular flexibility index (Phi) is 8.40. The maximum atomic E-state index is 13.3. The van der Waals surface area contributed by atoms with Crippen LogP contribution in [0, 0.1) is 0 Å². The van der Waals surface area contributed by atoms with Gasteiger partial charge in [0.1, 0.15) is 0 Å². The molecule has 2 N–H and O–H groups in total. The van der Waals surface area contributed by atoms with Crippen LogP contribution in [0.1, 0.15) is 47.8 Å². The number of nitrogens with one attached hydrogen (secondary N) is 2. The lowest BCUT2D eigenvalue weighted by Gasteiger charge is -2.36. The van der Waals surface area contributed by atoms with Gasteiger partial charge in [0.25, 0.3) is 5.91 Å². The van der Waals surface area contributed by atoms with Crippen molar-refractivity contribution in [1.82, 2.24) is 10.2 Å². The van der Waals surface area contributed by atoms with Crippen molar-refractivity contribution < 1.29 is 19.1 Å². The maximum Gasteiger partial charge on any atom is 0.338 e. The summed E-state index contributed by atoms with van der Waals surface area (Å²) in [6, 6.07) is 22.6. The lowest BCUT2D eigenvalue weighted by molar-refractivity contribution is -0.138. The molecule has 0 saturated carbocycles. The van der Waals surface area contributed by atoms with Crippen molar-refractivity contribution in [3.8, 4) is 0 Å². The highest BCUT2D eigenvalue weighted by atomic mass is 79.9. The molecule has 8 heteroatoms. The Morgan fingerprint density at radius 3 is 2.27 bits per heavy atom. The molecule has 1 heterocycles. The van der Waals surface area contributed by atoms with Crippen LogP contribution in [0.3, 0.4) is 0 Å². The highest BCUT2D eigenvalue weighted by molar-refractivity contribution is 9.10. The van der Waals surface area contributed by atoms with Crippen molar-refractivity contribution in [2.24, 2.45) is 0 Å². The predicted molar refractivity (Wildman–Crippen MR) is 147 cm³/mol. The van der Waals surface area contributed by atoms with Gasteiger partial charge in [0.15, 0.2) is 0 Å². The average molecular weight is 562 g/mol. The molecule has 0 fully saturated rings. The first-order valence-corrected chi connectivity index (χ1v) is 12.9. The number of ether oxygens (including phenoxy) is 1. The molecule has 0 saturated heterocycles. The van der Waals surface area contributed by atoms with Crippen LogP contribution in [-0.2, 0) is 9.53 Å². The van der Waals surface area contributed by atoms with E-state index < -0.39 is 12.0 Å². The summed E-state index contributed by atoms with van der Waals surface area (Å²) in [5.41, 5.74) is 3.49. The van der Waals surface area contributed by atoms with E-state index in [-0.39, 0.29) is 18.5 Å².